The van der Waals surface area contributed by atoms with Gasteiger partial charge in [0, 0.05) is 19.6 Å². The summed E-state index contributed by atoms with van der Waals surface area (Å²) in [5.74, 6) is 0. The lowest BCUT2D eigenvalue weighted by Crippen LogP contribution is -2.46. The molecule has 1 aromatic carbocycles. The molecule has 3 rings (SSSR count). The molecule has 6 heteroatoms. The van der Waals surface area contributed by atoms with Crippen LogP contribution in [-0.2, 0) is 16.6 Å². The van der Waals surface area contributed by atoms with Gasteiger partial charge in [0.15, 0.2) is 0 Å². The lowest BCUT2D eigenvalue weighted by atomic mass is 9.96. The van der Waals surface area contributed by atoms with E-state index in [2.05, 4.69) is 0 Å². The molecule has 2 N–H and O–H groups in total. The molecular weight excluding hydrogens is 286 g/mol. The van der Waals surface area contributed by atoms with Gasteiger partial charge in [-0.1, -0.05) is 31.4 Å². The first-order valence-electron chi connectivity index (χ1n) is 7.65. The molecular formula is C15H23N3O2S. The minimum absolute atomic E-state index is 0.123. The van der Waals surface area contributed by atoms with Gasteiger partial charge in [-0.25, -0.2) is 0 Å². The molecule has 1 heterocycles. The minimum atomic E-state index is -3.49. The van der Waals surface area contributed by atoms with E-state index in [1.807, 2.05) is 12.1 Å². The highest BCUT2D eigenvalue weighted by atomic mass is 32.2. The summed E-state index contributed by atoms with van der Waals surface area (Å²) in [5, 5.41) is 0. The molecule has 0 unspecified atom stereocenters. The summed E-state index contributed by atoms with van der Waals surface area (Å²) in [5.41, 5.74) is 8.26. The van der Waals surface area contributed by atoms with Crippen molar-refractivity contribution in [1.82, 2.24) is 4.31 Å². The van der Waals surface area contributed by atoms with Gasteiger partial charge in [0.25, 0.3) is 0 Å². The molecule has 116 valence electrons. The summed E-state index contributed by atoms with van der Waals surface area (Å²) in [6, 6.07) is 5.74. The van der Waals surface area contributed by atoms with Crippen LogP contribution in [0.1, 0.15) is 37.7 Å². The highest BCUT2D eigenvalue weighted by Gasteiger charge is 2.37. The second kappa shape index (κ2) is 5.50. The summed E-state index contributed by atoms with van der Waals surface area (Å²) in [6.45, 7) is 0.489. The van der Waals surface area contributed by atoms with Crippen LogP contribution in [0.15, 0.2) is 18.2 Å². The number of nitrogens with zero attached hydrogens (tertiary/aromatic N) is 2. The van der Waals surface area contributed by atoms with Gasteiger partial charge in [0.1, 0.15) is 0 Å². The Morgan fingerprint density at radius 1 is 1.24 bits per heavy atom. The van der Waals surface area contributed by atoms with Crippen molar-refractivity contribution >= 4 is 21.6 Å². The number of nitrogens with two attached hydrogens (primary N) is 1. The maximum absolute atomic E-state index is 12.9. The summed E-state index contributed by atoms with van der Waals surface area (Å²) in [4.78, 5) is 0. The molecule has 1 fully saturated rings. The normalized spacial score (nSPS) is 20.0. The van der Waals surface area contributed by atoms with Gasteiger partial charge in [0.2, 0.25) is 0 Å². The Bertz CT molecular complexity index is 624. The number of nitrogen functional groups attached to an aromatic ring is 1. The van der Waals surface area contributed by atoms with Crippen molar-refractivity contribution in [2.45, 2.75) is 44.6 Å². The molecule has 0 radical (unpaired) electrons. The van der Waals surface area contributed by atoms with E-state index in [1.165, 1.54) is 10.7 Å². The second-order valence-electron chi connectivity index (χ2n) is 5.99. The fourth-order valence-corrected chi connectivity index (χ4v) is 5.14. The lowest BCUT2D eigenvalue weighted by Gasteiger charge is -2.34. The highest BCUT2D eigenvalue weighted by molar-refractivity contribution is 7.90. The topological polar surface area (TPSA) is 66.6 Å². The third kappa shape index (κ3) is 2.51. The predicted molar refractivity (Wildman–Crippen MR) is 85.5 cm³/mol. The Kier molecular flexibility index (Phi) is 3.84. The number of hydrogen-bond acceptors (Lipinski definition) is 3. The average Bonchev–Trinajstić information content (AvgIpc) is 2.93. The molecule has 1 aliphatic heterocycles. The van der Waals surface area contributed by atoms with Gasteiger partial charge in [0.05, 0.1) is 11.4 Å². The smallest absolute Gasteiger partial charge is 0.304 e. The zero-order valence-corrected chi connectivity index (χ0v) is 13.3. The van der Waals surface area contributed by atoms with Crippen LogP contribution in [0, 0.1) is 0 Å². The fourth-order valence-electron chi connectivity index (χ4n) is 3.47. The first-order chi connectivity index (χ1) is 10.0. The number of fused-ring (bicyclic) bond motifs is 1. The molecule has 0 amide bonds. The van der Waals surface area contributed by atoms with E-state index in [0.29, 0.717) is 17.9 Å². The number of anilines is 2. The van der Waals surface area contributed by atoms with Crippen LogP contribution < -0.4 is 10.0 Å². The van der Waals surface area contributed by atoms with Gasteiger partial charge in [-0.15, -0.1) is 0 Å². The van der Waals surface area contributed by atoms with Crippen LogP contribution in [0.3, 0.4) is 0 Å². The molecule has 1 saturated carbocycles. The predicted octanol–water partition coefficient (Wildman–Crippen LogP) is 2.14. The second-order valence-corrected chi connectivity index (χ2v) is 7.91. The maximum atomic E-state index is 12.9. The molecule has 2 aliphatic rings. The van der Waals surface area contributed by atoms with Crippen molar-refractivity contribution in [1.29, 1.82) is 0 Å². The van der Waals surface area contributed by atoms with Crippen LogP contribution in [0.5, 0.6) is 0 Å². The molecule has 5 nitrogen and oxygen atoms in total. The monoisotopic (exact) mass is 309 g/mol. The van der Waals surface area contributed by atoms with Crippen molar-refractivity contribution in [3.8, 4) is 0 Å². The van der Waals surface area contributed by atoms with Crippen molar-refractivity contribution in [3.05, 3.63) is 23.8 Å². The number of benzene rings is 1. The van der Waals surface area contributed by atoms with Gasteiger partial charge in [-0.05, 0) is 30.9 Å². The SMILES string of the molecule is CN(C1CCCCC1)S(=O)(=O)N1CCc2cccc(N)c21. The quantitative estimate of drug-likeness (QED) is 0.870. The van der Waals surface area contributed by atoms with Gasteiger partial charge < -0.3 is 5.73 Å². The number of hydrogen-bond donors (Lipinski definition) is 1. The highest BCUT2D eigenvalue weighted by Crippen LogP contribution is 2.37. The number of rotatable bonds is 3. The standard InChI is InChI=1S/C15H23N3O2S/c1-17(13-7-3-2-4-8-13)21(19,20)18-11-10-12-6-5-9-14(16)15(12)18/h5-6,9,13H,2-4,7-8,10-11,16H2,1H3. The van der Waals surface area contributed by atoms with Gasteiger partial charge >= 0.3 is 10.2 Å². The Balaban J connectivity index is 1.90. The first kappa shape index (κ1) is 14.7. The molecule has 1 aliphatic carbocycles. The van der Waals surface area contributed by atoms with E-state index >= 15 is 0 Å². The Hall–Kier alpha value is -1.27. The van der Waals surface area contributed by atoms with Crippen LogP contribution in [-0.4, -0.2) is 32.4 Å². The third-order valence-corrected chi connectivity index (χ3v) is 6.66. The zero-order chi connectivity index (χ0) is 15.0. The van der Waals surface area contributed by atoms with Crippen LogP contribution in [0.2, 0.25) is 0 Å². The number of para-hydroxylation sites is 1. The molecule has 0 spiro atoms. The largest absolute Gasteiger partial charge is 0.397 e. The van der Waals surface area contributed by atoms with Crippen LogP contribution in [0.4, 0.5) is 11.4 Å². The van der Waals surface area contributed by atoms with Crippen molar-refractivity contribution < 1.29 is 8.42 Å². The summed E-state index contributed by atoms with van der Waals surface area (Å²) in [6.07, 6.45) is 6.09. The summed E-state index contributed by atoms with van der Waals surface area (Å²) >= 11 is 0. The van der Waals surface area contributed by atoms with E-state index < -0.39 is 10.2 Å². The van der Waals surface area contributed by atoms with Crippen molar-refractivity contribution in [2.75, 3.05) is 23.6 Å². The maximum Gasteiger partial charge on any atom is 0.304 e. The Morgan fingerprint density at radius 3 is 2.67 bits per heavy atom. The summed E-state index contributed by atoms with van der Waals surface area (Å²) in [7, 11) is -1.78. The van der Waals surface area contributed by atoms with E-state index in [1.54, 1.807) is 17.4 Å². The first-order valence-corrected chi connectivity index (χ1v) is 9.04. The fraction of sp³-hybridized carbons (Fsp3) is 0.600. The molecule has 0 aromatic heterocycles. The summed E-state index contributed by atoms with van der Waals surface area (Å²) < 4.78 is 28.9. The lowest BCUT2D eigenvalue weighted by molar-refractivity contribution is 0.285. The van der Waals surface area contributed by atoms with Crippen LogP contribution in [0.25, 0.3) is 0 Å². The van der Waals surface area contributed by atoms with E-state index in [0.717, 1.165) is 37.7 Å². The average molecular weight is 309 g/mol. The van der Waals surface area contributed by atoms with E-state index in [9.17, 15) is 8.42 Å². The van der Waals surface area contributed by atoms with E-state index in [-0.39, 0.29) is 6.04 Å². The molecule has 0 bridgehead atoms. The molecule has 21 heavy (non-hydrogen) atoms. The van der Waals surface area contributed by atoms with Crippen molar-refractivity contribution in [2.24, 2.45) is 0 Å². The van der Waals surface area contributed by atoms with Gasteiger partial charge in [-0.2, -0.15) is 12.7 Å². The molecule has 1 aromatic rings. The Labute approximate surface area is 126 Å². The Morgan fingerprint density at radius 2 is 1.95 bits per heavy atom. The minimum Gasteiger partial charge on any atom is -0.397 e. The van der Waals surface area contributed by atoms with Crippen LogP contribution >= 0.6 is 0 Å². The third-order valence-electron chi connectivity index (χ3n) is 4.72. The molecule has 0 saturated heterocycles. The zero-order valence-electron chi connectivity index (χ0n) is 12.5. The molecule has 0 atom stereocenters. The van der Waals surface area contributed by atoms with E-state index in [4.69, 9.17) is 5.73 Å². The van der Waals surface area contributed by atoms with Gasteiger partial charge in [-0.3, -0.25) is 4.31 Å². The van der Waals surface area contributed by atoms with Crippen molar-refractivity contribution in [3.63, 3.8) is 0 Å².